The monoisotopic (exact) mass is 477 g/mol. The minimum absolute atomic E-state index is 0.0444. The predicted octanol–water partition coefficient (Wildman–Crippen LogP) is 3.61. The quantitative estimate of drug-likeness (QED) is 0.439. The SMILES string of the molecule is Cc1nc(S(=O)(=O)N[C@@H](C)COc2cc3cnn(-c4ccc(F)cc4)c3cc2Cl)cn1C. The number of halogens is 2. The zero-order valence-corrected chi connectivity index (χ0v) is 19.2. The highest BCUT2D eigenvalue weighted by Gasteiger charge is 2.21. The van der Waals surface area contributed by atoms with E-state index in [1.54, 1.807) is 60.6 Å². The van der Waals surface area contributed by atoms with Gasteiger partial charge in [-0.15, -0.1) is 0 Å². The molecule has 0 saturated heterocycles. The molecule has 0 amide bonds. The second kappa shape index (κ2) is 8.53. The Labute approximate surface area is 189 Å². The van der Waals surface area contributed by atoms with Crippen molar-refractivity contribution in [3.05, 3.63) is 65.5 Å². The van der Waals surface area contributed by atoms with Crippen molar-refractivity contribution in [2.45, 2.75) is 24.9 Å². The van der Waals surface area contributed by atoms with Crippen LogP contribution < -0.4 is 9.46 Å². The van der Waals surface area contributed by atoms with Crippen LogP contribution in [0.15, 0.2) is 53.8 Å². The smallest absolute Gasteiger partial charge is 0.259 e. The van der Waals surface area contributed by atoms with E-state index < -0.39 is 16.1 Å². The molecule has 0 aliphatic carbocycles. The van der Waals surface area contributed by atoms with Gasteiger partial charge in [-0.1, -0.05) is 11.6 Å². The van der Waals surface area contributed by atoms with Crippen LogP contribution in [0.5, 0.6) is 5.75 Å². The Balaban J connectivity index is 1.48. The van der Waals surface area contributed by atoms with E-state index in [-0.39, 0.29) is 17.5 Å². The molecule has 0 radical (unpaired) electrons. The lowest BCUT2D eigenvalue weighted by Crippen LogP contribution is -2.37. The van der Waals surface area contributed by atoms with Crippen LogP contribution in [0, 0.1) is 12.7 Å². The van der Waals surface area contributed by atoms with Gasteiger partial charge in [-0.3, -0.25) is 0 Å². The summed E-state index contributed by atoms with van der Waals surface area (Å²) in [5.41, 5.74) is 1.42. The fraction of sp³-hybridized carbons (Fsp3) is 0.238. The van der Waals surface area contributed by atoms with E-state index in [9.17, 15) is 12.8 Å². The summed E-state index contributed by atoms with van der Waals surface area (Å²) >= 11 is 6.40. The molecule has 0 unspecified atom stereocenters. The van der Waals surface area contributed by atoms with Gasteiger partial charge in [0.25, 0.3) is 10.0 Å². The summed E-state index contributed by atoms with van der Waals surface area (Å²) in [4.78, 5) is 4.05. The maximum absolute atomic E-state index is 13.2. The molecule has 1 atom stereocenters. The topological polar surface area (TPSA) is 91.0 Å². The Morgan fingerprint density at radius 2 is 1.97 bits per heavy atom. The maximum Gasteiger partial charge on any atom is 0.259 e. The number of nitrogens with zero attached hydrogens (tertiary/aromatic N) is 4. The van der Waals surface area contributed by atoms with E-state index in [0.717, 1.165) is 10.9 Å². The van der Waals surface area contributed by atoms with E-state index in [0.29, 0.717) is 22.3 Å². The lowest BCUT2D eigenvalue weighted by Gasteiger charge is -2.15. The van der Waals surface area contributed by atoms with Crippen LogP contribution in [0.3, 0.4) is 0 Å². The summed E-state index contributed by atoms with van der Waals surface area (Å²) in [6.07, 6.45) is 3.10. The summed E-state index contributed by atoms with van der Waals surface area (Å²) in [6.45, 7) is 3.47. The number of hydrogen-bond donors (Lipinski definition) is 1. The summed E-state index contributed by atoms with van der Waals surface area (Å²) < 4.78 is 49.9. The number of fused-ring (bicyclic) bond motifs is 1. The molecule has 168 valence electrons. The standard InChI is InChI=1S/C21H21ClFN5O3S/c1-13(26-32(29,30)21-11-27(3)14(2)25-21)12-31-20-8-15-10-24-28(19(15)9-18(20)22)17-6-4-16(23)5-7-17/h4-11,13,26H,12H2,1-3H3/t13-/m0/s1. The van der Waals surface area contributed by atoms with Crippen LogP contribution in [0.1, 0.15) is 12.7 Å². The molecule has 32 heavy (non-hydrogen) atoms. The molecule has 1 N–H and O–H groups in total. The summed E-state index contributed by atoms with van der Waals surface area (Å²) in [7, 11) is -2.05. The van der Waals surface area contributed by atoms with Gasteiger partial charge in [-0.05, 0) is 50.2 Å². The van der Waals surface area contributed by atoms with Crippen molar-refractivity contribution in [2.75, 3.05) is 6.61 Å². The molecule has 4 rings (SSSR count). The zero-order valence-electron chi connectivity index (χ0n) is 17.6. The molecule has 2 heterocycles. The minimum atomic E-state index is -3.78. The minimum Gasteiger partial charge on any atom is -0.490 e. The molecule has 0 fully saturated rings. The van der Waals surface area contributed by atoms with Crippen molar-refractivity contribution in [3.63, 3.8) is 0 Å². The summed E-state index contributed by atoms with van der Waals surface area (Å²) in [5.74, 6) is 0.662. The zero-order chi connectivity index (χ0) is 23.0. The van der Waals surface area contributed by atoms with Crippen LogP contribution in [0.4, 0.5) is 4.39 Å². The molecule has 0 spiro atoms. The first kappa shape index (κ1) is 22.3. The first-order chi connectivity index (χ1) is 15.1. The molecule has 11 heteroatoms. The average molecular weight is 478 g/mol. The Hall–Kier alpha value is -2.95. The van der Waals surface area contributed by atoms with Gasteiger partial charge in [0, 0.05) is 18.6 Å². The molecular formula is C21H21ClFN5O3S. The second-order valence-electron chi connectivity index (χ2n) is 7.44. The maximum atomic E-state index is 13.2. The van der Waals surface area contributed by atoms with Gasteiger partial charge in [-0.25, -0.2) is 27.2 Å². The van der Waals surface area contributed by atoms with E-state index in [2.05, 4.69) is 14.8 Å². The van der Waals surface area contributed by atoms with Crippen LogP contribution in [-0.2, 0) is 17.1 Å². The van der Waals surface area contributed by atoms with Gasteiger partial charge in [0.2, 0.25) is 0 Å². The van der Waals surface area contributed by atoms with Gasteiger partial charge >= 0.3 is 0 Å². The normalized spacial score (nSPS) is 12.9. The number of nitrogens with one attached hydrogen (secondary N) is 1. The Bertz CT molecular complexity index is 1360. The lowest BCUT2D eigenvalue weighted by molar-refractivity contribution is 0.288. The number of aryl methyl sites for hydroxylation is 2. The largest absolute Gasteiger partial charge is 0.490 e. The van der Waals surface area contributed by atoms with Gasteiger partial charge in [-0.2, -0.15) is 5.10 Å². The number of imidazole rings is 1. The first-order valence-electron chi connectivity index (χ1n) is 9.72. The van der Waals surface area contributed by atoms with Gasteiger partial charge in [0.15, 0.2) is 5.03 Å². The molecule has 0 aliphatic heterocycles. The van der Waals surface area contributed by atoms with Crippen LogP contribution in [0.25, 0.3) is 16.6 Å². The highest BCUT2D eigenvalue weighted by atomic mass is 35.5. The van der Waals surface area contributed by atoms with E-state index in [4.69, 9.17) is 16.3 Å². The number of aromatic nitrogens is 4. The van der Waals surface area contributed by atoms with Crippen molar-refractivity contribution < 1.29 is 17.5 Å². The third-order valence-corrected chi connectivity index (χ3v) is 6.66. The Morgan fingerprint density at radius 1 is 1.25 bits per heavy atom. The third kappa shape index (κ3) is 4.47. The summed E-state index contributed by atoms with van der Waals surface area (Å²) in [6, 6.07) is 8.86. The highest BCUT2D eigenvalue weighted by molar-refractivity contribution is 7.89. The molecule has 0 saturated carbocycles. The van der Waals surface area contributed by atoms with E-state index >= 15 is 0 Å². The van der Waals surface area contributed by atoms with Crippen molar-refractivity contribution in [2.24, 2.45) is 7.05 Å². The van der Waals surface area contributed by atoms with Crippen molar-refractivity contribution in [1.82, 2.24) is 24.1 Å². The van der Waals surface area contributed by atoms with Gasteiger partial charge < -0.3 is 9.30 Å². The molecule has 2 aromatic heterocycles. The van der Waals surface area contributed by atoms with Crippen molar-refractivity contribution in [1.29, 1.82) is 0 Å². The van der Waals surface area contributed by atoms with Crippen molar-refractivity contribution >= 4 is 32.5 Å². The van der Waals surface area contributed by atoms with Crippen LogP contribution >= 0.6 is 11.6 Å². The van der Waals surface area contributed by atoms with Crippen LogP contribution in [0.2, 0.25) is 5.02 Å². The average Bonchev–Trinajstić information content (AvgIpc) is 3.29. The number of rotatable bonds is 7. The molecular weight excluding hydrogens is 457 g/mol. The predicted molar refractivity (Wildman–Crippen MR) is 119 cm³/mol. The first-order valence-corrected chi connectivity index (χ1v) is 11.6. The number of sulfonamides is 1. The van der Waals surface area contributed by atoms with Gasteiger partial charge in [0.05, 0.1) is 28.5 Å². The van der Waals surface area contributed by atoms with Gasteiger partial charge in [0.1, 0.15) is 24.0 Å². The fourth-order valence-electron chi connectivity index (χ4n) is 3.16. The van der Waals surface area contributed by atoms with E-state index in [1.165, 1.54) is 18.3 Å². The number of ether oxygens (including phenoxy) is 1. The molecule has 2 aromatic carbocycles. The summed E-state index contributed by atoms with van der Waals surface area (Å²) in [5, 5.41) is 5.41. The molecule has 0 aliphatic rings. The number of hydrogen-bond acceptors (Lipinski definition) is 5. The Kier molecular flexibility index (Phi) is 5.93. The Morgan fingerprint density at radius 3 is 2.62 bits per heavy atom. The molecule has 4 aromatic rings. The second-order valence-corrected chi connectivity index (χ2v) is 9.51. The number of benzene rings is 2. The van der Waals surface area contributed by atoms with E-state index in [1.807, 2.05) is 0 Å². The van der Waals surface area contributed by atoms with Crippen molar-refractivity contribution in [3.8, 4) is 11.4 Å². The lowest BCUT2D eigenvalue weighted by atomic mass is 10.2. The van der Waals surface area contributed by atoms with Crippen LogP contribution in [-0.4, -0.2) is 40.4 Å². The highest BCUT2D eigenvalue weighted by Crippen LogP contribution is 2.31. The third-order valence-electron chi connectivity index (χ3n) is 4.90. The molecule has 8 nitrogen and oxygen atoms in total. The molecule has 0 bridgehead atoms. The fourth-order valence-corrected chi connectivity index (χ4v) is 4.64.